The van der Waals surface area contributed by atoms with Gasteiger partial charge in [0.15, 0.2) is 7.85 Å². The number of benzene rings is 1. The average Bonchev–Trinajstić information content (AvgIpc) is 2.63. The van der Waals surface area contributed by atoms with Gasteiger partial charge in [-0.3, -0.25) is 9.78 Å². The Morgan fingerprint density at radius 1 is 1.43 bits per heavy atom. The Morgan fingerprint density at radius 3 is 2.86 bits per heavy atom. The number of carbonyl (C=O) groups is 1. The molecule has 106 valence electrons. The average molecular weight is 345 g/mol. The summed E-state index contributed by atoms with van der Waals surface area (Å²) in [5.74, 6) is -0.189. The number of halogens is 1. The van der Waals surface area contributed by atoms with Crippen molar-refractivity contribution in [3.05, 3.63) is 63.4 Å². The summed E-state index contributed by atoms with van der Waals surface area (Å²) in [5, 5.41) is 10.7. The highest BCUT2D eigenvalue weighted by Crippen LogP contribution is 2.34. The lowest BCUT2D eigenvalue weighted by Gasteiger charge is -2.31. The molecule has 0 saturated carbocycles. The molecule has 1 aliphatic heterocycles. The molecule has 0 radical (unpaired) electrons. The summed E-state index contributed by atoms with van der Waals surface area (Å²) in [6.07, 6.45) is 1.59. The third-order valence-corrected chi connectivity index (χ3v) is 4.38. The van der Waals surface area contributed by atoms with E-state index in [4.69, 9.17) is 0 Å². The molecule has 1 aliphatic rings. The van der Waals surface area contributed by atoms with Crippen LogP contribution in [0, 0.1) is 6.92 Å². The molecule has 0 aliphatic carbocycles. The third-order valence-electron chi connectivity index (χ3n) is 3.89. The van der Waals surface area contributed by atoms with Gasteiger partial charge < -0.3 is 10.0 Å². The van der Waals surface area contributed by atoms with Crippen LogP contribution in [0.1, 0.15) is 27.2 Å². The molecular formula is C15H14BBrN2O2. The van der Waals surface area contributed by atoms with Gasteiger partial charge in [-0.25, -0.2) is 0 Å². The zero-order valence-electron chi connectivity index (χ0n) is 11.8. The van der Waals surface area contributed by atoms with Crippen LogP contribution in [0.25, 0.3) is 0 Å². The Morgan fingerprint density at radius 2 is 2.19 bits per heavy atom. The molecule has 0 bridgehead atoms. The minimum absolute atomic E-state index is 0.189. The van der Waals surface area contributed by atoms with Crippen molar-refractivity contribution >= 4 is 29.7 Å². The second-order valence-electron chi connectivity index (χ2n) is 5.38. The number of aromatic nitrogens is 1. The monoisotopic (exact) mass is 344 g/mol. The Kier molecular flexibility index (Phi) is 3.38. The number of pyridine rings is 1. The van der Waals surface area contributed by atoms with Crippen LogP contribution in [0.4, 0.5) is 0 Å². The number of aryl methyl sites for hydroxylation is 1. The van der Waals surface area contributed by atoms with E-state index < -0.39 is 5.62 Å². The summed E-state index contributed by atoms with van der Waals surface area (Å²) in [4.78, 5) is 18.1. The van der Waals surface area contributed by atoms with E-state index in [0.717, 1.165) is 15.6 Å². The van der Waals surface area contributed by atoms with Crippen LogP contribution in [0.15, 0.2) is 41.0 Å². The minimum Gasteiger partial charge on any atom is -0.374 e. The summed E-state index contributed by atoms with van der Waals surface area (Å²) in [7, 11) is 1.61. The highest BCUT2D eigenvalue weighted by molar-refractivity contribution is 9.10. The predicted octanol–water partition coefficient (Wildman–Crippen LogP) is 1.54. The second-order valence-corrected chi connectivity index (χ2v) is 6.30. The van der Waals surface area contributed by atoms with Crippen molar-refractivity contribution in [1.29, 1.82) is 0 Å². The zero-order chi connectivity index (χ0) is 15.2. The predicted molar refractivity (Wildman–Crippen MR) is 85.4 cm³/mol. The lowest BCUT2D eigenvalue weighted by molar-refractivity contribution is -0.0224. The second kappa shape index (κ2) is 4.96. The van der Waals surface area contributed by atoms with Gasteiger partial charge in [0.05, 0.1) is 11.3 Å². The molecule has 0 saturated heterocycles. The van der Waals surface area contributed by atoms with Crippen molar-refractivity contribution in [2.24, 2.45) is 0 Å². The van der Waals surface area contributed by atoms with Gasteiger partial charge in [0, 0.05) is 17.2 Å². The first-order valence-corrected chi connectivity index (χ1v) is 7.45. The summed E-state index contributed by atoms with van der Waals surface area (Å²) >= 11 is 3.43. The Hall–Kier alpha value is -1.66. The normalized spacial score (nSPS) is 20.7. The molecule has 1 aromatic carbocycles. The Bertz CT molecular complexity index is 733. The van der Waals surface area contributed by atoms with Crippen molar-refractivity contribution in [2.75, 3.05) is 0 Å². The maximum Gasteiger partial charge on any atom is 0.258 e. The lowest BCUT2D eigenvalue weighted by Crippen LogP contribution is -2.44. The number of aliphatic hydroxyl groups is 1. The van der Waals surface area contributed by atoms with Crippen LogP contribution in [0.2, 0.25) is 0 Å². The van der Waals surface area contributed by atoms with Gasteiger partial charge in [0.25, 0.3) is 5.91 Å². The van der Waals surface area contributed by atoms with Crippen LogP contribution in [0.5, 0.6) is 0 Å². The number of hydrogen-bond donors (Lipinski definition) is 1. The van der Waals surface area contributed by atoms with Gasteiger partial charge >= 0.3 is 0 Å². The SMILES string of the molecule is BC1(O)c2ncccc2C(=O)N1Cc1ccc(Br)cc1C. The fourth-order valence-corrected chi connectivity index (χ4v) is 3.13. The van der Waals surface area contributed by atoms with E-state index in [9.17, 15) is 9.90 Å². The minimum atomic E-state index is -1.38. The highest BCUT2D eigenvalue weighted by Gasteiger charge is 2.45. The van der Waals surface area contributed by atoms with E-state index in [-0.39, 0.29) is 5.91 Å². The zero-order valence-corrected chi connectivity index (χ0v) is 13.4. The van der Waals surface area contributed by atoms with Crippen LogP contribution >= 0.6 is 15.9 Å². The molecule has 1 amide bonds. The summed E-state index contributed by atoms with van der Waals surface area (Å²) in [5.41, 5.74) is 1.58. The number of rotatable bonds is 2. The summed E-state index contributed by atoms with van der Waals surface area (Å²) in [6, 6.07) is 9.30. The fraction of sp³-hybridized carbons (Fsp3) is 0.200. The highest BCUT2D eigenvalue weighted by atomic mass is 79.9. The molecule has 1 N–H and O–H groups in total. The molecule has 1 unspecified atom stereocenters. The Labute approximate surface area is 132 Å². The van der Waals surface area contributed by atoms with E-state index in [1.165, 1.54) is 4.90 Å². The fourth-order valence-electron chi connectivity index (χ4n) is 2.66. The number of fused-ring (bicyclic) bond motifs is 1. The topological polar surface area (TPSA) is 53.4 Å². The first kappa shape index (κ1) is 14.3. The first-order chi connectivity index (χ1) is 9.91. The number of hydrogen-bond acceptors (Lipinski definition) is 3. The van der Waals surface area contributed by atoms with E-state index >= 15 is 0 Å². The maximum absolute atomic E-state index is 12.5. The van der Waals surface area contributed by atoms with Crippen molar-refractivity contribution in [2.45, 2.75) is 19.1 Å². The van der Waals surface area contributed by atoms with Crippen molar-refractivity contribution in [3.63, 3.8) is 0 Å². The molecule has 6 heteroatoms. The summed E-state index contributed by atoms with van der Waals surface area (Å²) < 4.78 is 0.994. The van der Waals surface area contributed by atoms with Crippen molar-refractivity contribution < 1.29 is 9.90 Å². The number of carbonyl (C=O) groups excluding carboxylic acids is 1. The van der Waals surface area contributed by atoms with Gasteiger partial charge in [0.2, 0.25) is 0 Å². The van der Waals surface area contributed by atoms with Crippen LogP contribution in [-0.2, 0) is 12.2 Å². The third kappa shape index (κ3) is 2.28. The smallest absolute Gasteiger partial charge is 0.258 e. The van der Waals surface area contributed by atoms with Crippen LogP contribution in [-0.4, -0.2) is 28.7 Å². The summed E-state index contributed by atoms with van der Waals surface area (Å²) in [6.45, 7) is 2.34. The molecule has 1 atom stereocenters. The molecule has 4 nitrogen and oxygen atoms in total. The van der Waals surface area contributed by atoms with Gasteiger partial charge in [-0.2, -0.15) is 0 Å². The van der Waals surface area contributed by atoms with Crippen LogP contribution in [0.3, 0.4) is 0 Å². The van der Waals surface area contributed by atoms with Gasteiger partial charge in [-0.15, -0.1) is 0 Å². The molecular weight excluding hydrogens is 331 g/mol. The molecule has 21 heavy (non-hydrogen) atoms. The van der Waals surface area contributed by atoms with E-state index in [2.05, 4.69) is 20.9 Å². The Balaban J connectivity index is 1.99. The van der Waals surface area contributed by atoms with Crippen LogP contribution < -0.4 is 0 Å². The van der Waals surface area contributed by atoms with E-state index in [1.807, 2.05) is 25.1 Å². The molecule has 0 spiro atoms. The molecule has 0 fully saturated rings. The van der Waals surface area contributed by atoms with Gasteiger partial charge in [-0.1, -0.05) is 22.0 Å². The quantitative estimate of drug-likeness (QED) is 0.841. The van der Waals surface area contributed by atoms with Crippen molar-refractivity contribution in [1.82, 2.24) is 9.88 Å². The van der Waals surface area contributed by atoms with E-state index in [0.29, 0.717) is 17.8 Å². The largest absolute Gasteiger partial charge is 0.374 e. The maximum atomic E-state index is 12.5. The molecule has 2 heterocycles. The van der Waals surface area contributed by atoms with Gasteiger partial charge in [-0.05, 0) is 42.3 Å². The lowest BCUT2D eigenvalue weighted by atomic mass is 9.87. The van der Waals surface area contributed by atoms with Gasteiger partial charge in [0.1, 0.15) is 5.62 Å². The van der Waals surface area contributed by atoms with Crippen molar-refractivity contribution in [3.8, 4) is 0 Å². The number of nitrogens with zero attached hydrogens (tertiary/aromatic N) is 2. The number of amides is 1. The van der Waals surface area contributed by atoms with E-state index in [1.54, 1.807) is 26.2 Å². The standard InChI is InChI=1S/C15H14BBrN2O2/c1-9-7-11(17)5-4-10(9)8-19-14(20)12-3-2-6-18-13(12)15(19,16)21/h2-7,21H,8,16H2,1H3. The molecule has 2 aromatic rings. The first-order valence-electron chi connectivity index (χ1n) is 6.66. The molecule has 1 aromatic heterocycles. The molecule has 3 rings (SSSR count).